The average molecular weight is 555 g/mol. The molecule has 0 spiro atoms. The number of rotatable bonds is 7. The van der Waals surface area contributed by atoms with Gasteiger partial charge in [-0.05, 0) is 66.7 Å². The zero-order chi connectivity index (χ0) is 27.4. The number of hydrogen-bond acceptors (Lipinski definition) is 7. The van der Waals surface area contributed by atoms with Crippen molar-refractivity contribution in [1.82, 2.24) is 25.5 Å². The molecule has 9 nitrogen and oxygen atoms in total. The number of thiocarbonyl (C=S) groups is 1. The van der Waals surface area contributed by atoms with Crippen LogP contribution >= 0.6 is 12.2 Å². The lowest BCUT2D eigenvalue weighted by atomic mass is 10.1. The quantitative estimate of drug-likeness (QED) is 0.185. The molecule has 2 N–H and O–H groups in total. The molecule has 0 fully saturated rings. The molecule has 1 aromatic heterocycles. The van der Waals surface area contributed by atoms with Gasteiger partial charge in [-0.15, -0.1) is 18.3 Å². The van der Waals surface area contributed by atoms with Crippen molar-refractivity contribution in [3.05, 3.63) is 84.2 Å². The van der Waals surface area contributed by atoms with Gasteiger partial charge in [-0.2, -0.15) is 5.10 Å². The third kappa shape index (κ3) is 6.62. The van der Waals surface area contributed by atoms with Crippen molar-refractivity contribution in [2.24, 2.45) is 5.10 Å². The summed E-state index contributed by atoms with van der Waals surface area (Å²) in [6, 6.07) is 18.3. The summed E-state index contributed by atoms with van der Waals surface area (Å²) in [5.74, 6) is 1.57. The Morgan fingerprint density at radius 1 is 1.08 bits per heavy atom. The Hall–Kier alpha value is -4.65. The number of halogens is 3. The summed E-state index contributed by atoms with van der Waals surface area (Å²) in [4.78, 5) is 4.29. The lowest BCUT2D eigenvalue weighted by molar-refractivity contribution is -0.274. The maximum Gasteiger partial charge on any atom is 0.573 e. The first-order valence-corrected chi connectivity index (χ1v) is 12.0. The third-order valence-electron chi connectivity index (χ3n) is 5.62. The van der Waals surface area contributed by atoms with Crippen molar-refractivity contribution >= 4 is 23.5 Å². The molecule has 0 amide bonds. The number of ether oxygens (including phenoxy) is 3. The summed E-state index contributed by atoms with van der Waals surface area (Å²) in [5.41, 5.74) is 5.90. The van der Waals surface area contributed by atoms with Gasteiger partial charge in [0.05, 0.1) is 17.9 Å². The predicted octanol–water partition coefficient (Wildman–Crippen LogP) is 5.12. The van der Waals surface area contributed by atoms with Crippen LogP contribution in [-0.2, 0) is 0 Å². The number of nitrogens with one attached hydrogen (secondary N) is 2. The van der Waals surface area contributed by atoms with E-state index in [4.69, 9.17) is 21.7 Å². The number of hydrazone groups is 1. The highest BCUT2D eigenvalue weighted by Gasteiger charge is 2.31. The molecule has 0 saturated carbocycles. The molecule has 0 saturated heterocycles. The highest BCUT2D eigenvalue weighted by atomic mass is 32.1. The van der Waals surface area contributed by atoms with Crippen LogP contribution < -0.4 is 25.0 Å². The molecule has 5 rings (SSSR count). The Bertz CT molecular complexity index is 1490. The Morgan fingerprint density at radius 2 is 1.82 bits per heavy atom. The number of nitrogens with zero attached hydrogens (tertiary/aromatic N) is 4. The first kappa shape index (κ1) is 26.0. The lowest BCUT2D eigenvalue weighted by Gasteiger charge is -2.16. The smallest absolute Gasteiger partial charge is 0.454 e. The summed E-state index contributed by atoms with van der Waals surface area (Å²) >= 11 is 5.33. The normalized spacial score (nSPS) is 13.3. The van der Waals surface area contributed by atoms with Crippen LogP contribution in [0.1, 0.15) is 24.1 Å². The van der Waals surface area contributed by atoms with Gasteiger partial charge in [-0.25, -0.2) is 9.67 Å². The molecular formula is C26H21F3N6O3S. The van der Waals surface area contributed by atoms with Gasteiger partial charge in [0.25, 0.3) is 0 Å². The van der Waals surface area contributed by atoms with Crippen LogP contribution in [0.3, 0.4) is 0 Å². The number of aromatic nitrogens is 3. The van der Waals surface area contributed by atoms with E-state index in [9.17, 15) is 13.2 Å². The Balaban J connectivity index is 1.14. The number of alkyl halides is 3. The van der Waals surface area contributed by atoms with E-state index in [1.165, 1.54) is 35.3 Å². The fourth-order valence-corrected chi connectivity index (χ4v) is 3.93. The van der Waals surface area contributed by atoms with Crippen LogP contribution in [0.2, 0.25) is 0 Å². The van der Waals surface area contributed by atoms with Crippen LogP contribution in [0, 0.1) is 0 Å². The molecule has 3 aromatic carbocycles. The van der Waals surface area contributed by atoms with E-state index in [2.05, 4.69) is 30.7 Å². The van der Waals surface area contributed by atoms with E-state index < -0.39 is 6.36 Å². The molecule has 0 bridgehead atoms. The Morgan fingerprint density at radius 3 is 2.56 bits per heavy atom. The summed E-state index contributed by atoms with van der Waals surface area (Å²) in [5, 5.41) is 12.1. The second kappa shape index (κ2) is 11.0. The molecule has 13 heteroatoms. The standard InChI is InChI=1S/C26H21F3N6O3S/c1-16(19-6-11-22-23(12-19)37-15-36-22)32-25(39)33-31-13-17-2-4-18(5-3-17)24-30-14-35(34-24)20-7-9-21(10-8-20)38-26(27,28)29/h2-14,16H,15H2,1H3,(H2,32,33,39)/b31-13+. The first-order valence-electron chi connectivity index (χ1n) is 11.6. The average Bonchev–Trinajstić information content (AvgIpc) is 3.58. The number of hydrogen-bond donors (Lipinski definition) is 2. The number of fused-ring (bicyclic) bond motifs is 1. The van der Waals surface area contributed by atoms with E-state index in [-0.39, 0.29) is 18.6 Å². The van der Waals surface area contributed by atoms with Gasteiger partial charge in [-0.3, -0.25) is 5.43 Å². The molecule has 0 aliphatic carbocycles. The fraction of sp³-hybridized carbons (Fsp3) is 0.154. The topological polar surface area (TPSA) is 94.8 Å². The first-order chi connectivity index (χ1) is 18.7. The maximum absolute atomic E-state index is 12.3. The molecule has 4 aromatic rings. The van der Waals surface area contributed by atoms with Gasteiger partial charge in [0.1, 0.15) is 12.1 Å². The van der Waals surface area contributed by atoms with Crippen molar-refractivity contribution < 1.29 is 27.4 Å². The summed E-state index contributed by atoms with van der Waals surface area (Å²) in [6.45, 7) is 2.19. The molecule has 0 radical (unpaired) electrons. The Labute approximate surface area is 226 Å². The molecule has 1 atom stereocenters. The second-order valence-corrected chi connectivity index (χ2v) is 8.76. The molecule has 39 heavy (non-hydrogen) atoms. The lowest BCUT2D eigenvalue weighted by Crippen LogP contribution is -2.34. The van der Waals surface area contributed by atoms with Crippen molar-refractivity contribution in [3.8, 4) is 34.3 Å². The van der Waals surface area contributed by atoms with Crippen molar-refractivity contribution in [2.45, 2.75) is 19.3 Å². The molecule has 1 unspecified atom stereocenters. The van der Waals surface area contributed by atoms with Crippen LogP contribution in [0.5, 0.6) is 17.2 Å². The van der Waals surface area contributed by atoms with E-state index in [1.54, 1.807) is 6.21 Å². The van der Waals surface area contributed by atoms with E-state index in [0.29, 0.717) is 22.4 Å². The minimum Gasteiger partial charge on any atom is -0.454 e. The van der Waals surface area contributed by atoms with E-state index in [0.717, 1.165) is 22.4 Å². The van der Waals surface area contributed by atoms with Crippen LogP contribution in [-0.4, -0.2) is 39.2 Å². The minimum atomic E-state index is -4.74. The molecule has 200 valence electrons. The largest absolute Gasteiger partial charge is 0.573 e. The van der Waals surface area contributed by atoms with Crippen molar-refractivity contribution in [1.29, 1.82) is 0 Å². The summed E-state index contributed by atoms with van der Waals surface area (Å²) in [7, 11) is 0. The van der Waals surface area contributed by atoms with E-state index >= 15 is 0 Å². The zero-order valence-electron chi connectivity index (χ0n) is 20.3. The molecule has 2 heterocycles. The molecule has 1 aliphatic rings. The second-order valence-electron chi connectivity index (χ2n) is 8.35. The van der Waals surface area contributed by atoms with E-state index in [1.807, 2.05) is 49.4 Å². The van der Waals surface area contributed by atoms with Crippen molar-refractivity contribution in [2.75, 3.05) is 6.79 Å². The molecule has 1 aliphatic heterocycles. The summed E-state index contributed by atoms with van der Waals surface area (Å²) in [6.07, 6.45) is -1.64. The predicted molar refractivity (Wildman–Crippen MR) is 141 cm³/mol. The minimum absolute atomic E-state index is 0.0764. The maximum atomic E-state index is 12.3. The zero-order valence-corrected chi connectivity index (χ0v) is 21.2. The van der Waals surface area contributed by atoms with Crippen LogP contribution in [0.15, 0.2) is 78.2 Å². The highest BCUT2D eigenvalue weighted by Crippen LogP contribution is 2.34. The monoisotopic (exact) mass is 554 g/mol. The molecular weight excluding hydrogens is 533 g/mol. The van der Waals surface area contributed by atoms with Gasteiger partial charge in [0.15, 0.2) is 22.4 Å². The highest BCUT2D eigenvalue weighted by molar-refractivity contribution is 7.80. The SMILES string of the molecule is CC(NC(=S)N/N=C/c1ccc(-c2ncn(-c3ccc(OC(F)(F)F)cc3)n2)cc1)c1ccc2c(c1)OCO2. The van der Waals surface area contributed by atoms with Crippen LogP contribution in [0.25, 0.3) is 17.1 Å². The van der Waals surface area contributed by atoms with Crippen molar-refractivity contribution in [3.63, 3.8) is 0 Å². The van der Waals surface area contributed by atoms with Gasteiger partial charge >= 0.3 is 6.36 Å². The fourth-order valence-electron chi connectivity index (χ4n) is 3.70. The van der Waals surface area contributed by atoms with Gasteiger partial charge in [-0.1, -0.05) is 30.3 Å². The number of benzene rings is 3. The van der Waals surface area contributed by atoms with Crippen LogP contribution in [0.4, 0.5) is 13.2 Å². The third-order valence-corrected chi connectivity index (χ3v) is 5.83. The van der Waals surface area contributed by atoms with Gasteiger partial charge in [0.2, 0.25) is 6.79 Å². The van der Waals surface area contributed by atoms with Gasteiger partial charge in [0, 0.05) is 5.56 Å². The summed E-state index contributed by atoms with van der Waals surface area (Å²) < 4.78 is 53.2. The van der Waals surface area contributed by atoms with Gasteiger partial charge < -0.3 is 19.5 Å². The Kier molecular flexibility index (Phi) is 7.32.